The Labute approximate surface area is 398 Å². The predicted molar refractivity (Wildman–Crippen MR) is 286 cm³/mol. The molecule has 60 heavy (non-hydrogen) atoms. The normalized spacial score (nSPS) is 11.2. The Balaban J connectivity index is 0.000000252. The number of hydrogen-bond acceptors (Lipinski definition) is 5. The van der Waals surface area contributed by atoms with Gasteiger partial charge in [-0.15, -0.1) is 56.7 Å². The van der Waals surface area contributed by atoms with Crippen molar-refractivity contribution in [3.8, 4) is 19.5 Å². The molecule has 0 saturated carbocycles. The number of unbranched alkanes of at least 4 members (excludes halogenated alkanes) is 15. The highest BCUT2D eigenvalue weighted by molar-refractivity contribution is 9.09. The van der Waals surface area contributed by atoms with Crippen molar-refractivity contribution >= 4 is 72.6 Å². The van der Waals surface area contributed by atoms with Crippen molar-refractivity contribution in [1.82, 2.24) is 0 Å². The molecule has 5 heterocycles. The van der Waals surface area contributed by atoms with Crippen LogP contribution in [0.4, 0.5) is 0 Å². The van der Waals surface area contributed by atoms with Crippen LogP contribution in [-0.2, 0) is 25.7 Å². The first-order chi connectivity index (χ1) is 29.0. The van der Waals surface area contributed by atoms with Gasteiger partial charge in [-0.1, -0.05) is 127 Å². The van der Waals surface area contributed by atoms with Gasteiger partial charge in [0.05, 0.1) is 0 Å². The summed E-state index contributed by atoms with van der Waals surface area (Å²) in [6.07, 6.45) is 31.0. The van der Waals surface area contributed by atoms with Crippen molar-refractivity contribution in [1.29, 1.82) is 0 Å². The zero-order chi connectivity index (χ0) is 43.7. The average Bonchev–Trinajstić information content (AvgIpc) is 4.04. The molecule has 0 aliphatic carbocycles. The van der Waals surface area contributed by atoms with Crippen molar-refractivity contribution in [2.75, 3.05) is 5.33 Å². The van der Waals surface area contributed by atoms with E-state index in [1.807, 2.05) is 56.7 Å². The fraction of sp³-hybridized carbons (Fsp3) is 0.630. The molecule has 0 saturated heterocycles. The van der Waals surface area contributed by atoms with Gasteiger partial charge in [0.25, 0.3) is 0 Å². The first-order valence-corrected chi connectivity index (χ1v) is 29.2. The van der Waals surface area contributed by atoms with Crippen LogP contribution in [-0.4, -0.2) is 5.33 Å². The molecule has 0 aliphatic rings. The van der Waals surface area contributed by atoms with Gasteiger partial charge < -0.3 is 0 Å². The summed E-state index contributed by atoms with van der Waals surface area (Å²) in [5.41, 5.74) is 7.78. The second kappa shape index (κ2) is 31.0. The molecule has 336 valence electrons. The number of aryl methyl sites for hydroxylation is 11. The molecule has 0 N–H and O–H groups in total. The Kier molecular flexibility index (Phi) is 27.5. The van der Waals surface area contributed by atoms with Crippen LogP contribution in [0.1, 0.15) is 200 Å². The molecule has 5 aromatic heterocycles. The lowest BCUT2D eigenvalue weighted by Gasteiger charge is -2.02. The number of halogens is 1. The molecule has 0 atom stereocenters. The van der Waals surface area contributed by atoms with Crippen LogP contribution in [0.15, 0.2) is 30.3 Å². The van der Waals surface area contributed by atoms with E-state index in [2.05, 4.69) is 115 Å². The summed E-state index contributed by atoms with van der Waals surface area (Å²) in [4.78, 5) is 15.0. The third kappa shape index (κ3) is 19.8. The molecule has 0 amide bonds. The van der Waals surface area contributed by atoms with E-state index in [1.54, 1.807) is 27.1 Å². The predicted octanol–water partition coefficient (Wildman–Crippen LogP) is 20.9. The van der Waals surface area contributed by atoms with E-state index in [0.29, 0.717) is 0 Å². The minimum atomic E-state index is 1.15. The monoisotopic (exact) mass is 970 g/mol. The number of alkyl halides is 1. The average molecular weight is 972 g/mol. The summed E-state index contributed by atoms with van der Waals surface area (Å²) < 4.78 is 0. The summed E-state index contributed by atoms with van der Waals surface area (Å²) in [7, 11) is 0. The molecular formula is C54H83BrS5. The maximum atomic E-state index is 3.53. The fourth-order valence-corrected chi connectivity index (χ4v) is 13.8. The molecule has 5 rings (SSSR count). The second-order valence-electron chi connectivity index (χ2n) is 17.2. The van der Waals surface area contributed by atoms with Crippen LogP contribution in [0.2, 0.25) is 0 Å². The van der Waals surface area contributed by atoms with Gasteiger partial charge in [-0.3, -0.25) is 0 Å². The first-order valence-electron chi connectivity index (χ1n) is 24.0. The van der Waals surface area contributed by atoms with Crippen molar-refractivity contribution < 1.29 is 0 Å². The van der Waals surface area contributed by atoms with Gasteiger partial charge >= 0.3 is 0 Å². The van der Waals surface area contributed by atoms with Crippen LogP contribution in [0.5, 0.6) is 0 Å². The summed E-state index contributed by atoms with van der Waals surface area (Å²) in [6, 6.07) is 12.1. The van der Waals surface area contributed by atoms with Crippen molar-refractivity contribution in [3.63, 3.8) is 0 Å². The largest absolute Gasteiger partial charge is 0.146 e. The summed E-state index contributed by atoms with van der Waals surface area (Å²) >= 11 is 13.4. The number of rotatable bonds is 26. The van der Waals surface area contributed by atoms with Crippen molar-refractivity contribution in [2.45, 2.75) is 217 Å². The van der Waals surface area contributed by atoms with E-state index in [9.17, 15) is 0 Å². The highest BCUT2D eigenvalue weighted by Gasteiger charge is 2.15. The third-order valence-corrected chi connectivity index (χ3v) is 18.0. The van der Waals surface area contributed by atoms with E-state index < -0.39 is 0 Å². The summed E-state index contributed by atoms with van der Waals surface area (Å²) in [6.45, 7) is 22.6. The maximum Gasteiger partial charge on any atom is 0.0477 e. The third-order valence-electron chi connectivity index (χ3n) is 11.6. The molecule has 5 aromatic rings. The van der Waals surface area contributed by atoms with E-state index in [-0.39, 0.29) is 0 Å². The van der Waals surface area contributed by atoms with Gasteiger partial charge in [-0.2, -0.15) is 0 Å². The molecule has 0 fully saturated rings. The Morgan fingerprint density at radius 2 is 0.700 bits per heavy atom. The quantitative estimate of drug-likeness (QED) is 0.0383. The van der Waals surface area contributed by atoms with Gasteiger partial charge in [-0.25, -0.2) is 0 Å². The molecular weight excluding hydrogens is 889 g/mol. The Hall–Kier alpha value is -1.02. The molecule has 0 radical (unpaired) electrons. The standard InChI is InChI=1S/C23H35BrS2.C18H26S2.C13H22S/c1-4-5-6-7-11-14-21-16-18(2)25-23(21)22-17-20(19(3)26-22)13-10-8-9-12-15-24;1-5-6-7-8-9-10-16-12-14(3)19-18(16)17-11-13(2)15(4)20-17;1-4-5-6-7-8-9-13-10-11(2)14-12(13)3/h16-17H,4-15H2,1-3H3;11-12H,5-10H2,1-4H3;10H,4-9H2,1-3H3. The van der Waals surface area contributed by atoms with Gasteiger partial charge in [0.2, 0.25) is 0 Å². The zero-order valence-corrected chi connectivity index (χ0v) is 45.4. The van der Waals surface area contributed by atoms with Crippen LogP contribution < -0.4 is 0 Å². The summed E-state index contributed by atoms with van der Waals surface area (Å²) in [5, 5.41) is 1.15. The van der Waals surface area contributed by atoms with E-state index >= 15 is 0 Å². The number of hydrogen-bond donors (Lipinski definition) is 0. The maximum absolute atomic E-state index is 3.53. The highest BCUT2D eigenvalue weighted by atomic mass is 79.9. The smallest absolute Gasteiger partial charge is 0.0477 e. The Morgan fingerprint density at radius 3 is 1.10 bits per heavy atom. The van der Waals surface area contributed by atoms with Crippen molar-refractivity contribution in [2.24, 2.45) is 0 Å². The minimum absolute atomic E-state index is 1.15. The van der Waals surface area contributed by atoms with Gasteiger partial charge in [0.15, 0.2) is 0 Å². The molecule has 0 bridgehead atoms. The molecule has 0 aliphatic heterocycles. The lowest BCUT2D eigenvalue weighted by Crippen LogP contribution is -1.87. The molecule has 0 nitrogen and oxygen atoms in total. The first kappa shape index (κ1) is 53.3. The second-order valence-corrected chi connectivity index (χ2v) is 24.5. The summed E-state index contributed by atoms with van der Waals surface area (Å²) in [5.74, 6) is 0. The van der Waals surface area contributed by atoms with Crippen molar-refractivity contribution in [3.05, 3.63) is 87.4 Å². The molecule has 0 aromatic carbocycles. The topological polar surface area (TPSA) is 0 Å². The van der Waals surface area contributed by atoms with Gasteiger partial charge in [0, 0.05) is 54.1 Å². The molecule has 0 unspecified atom stereocenters. The zero-order valence-electron chi connectivity index (χ0n) is 39.8. The lowest BCUT2D eigenvalue weighted by atomic mass is 10.0. The number of thiophene rings is 5. The van der Waals surface area contributed by atoms with E-state index in [0.717, 1.165) is 5.33 Å². The van der Waals surface area contributed by atoms with Crippen LogP contribution in [0, 0.1) is 48.5 Å². The van der Waals surface area contributed by atoms with E-state index in [1.165, 1.54) is 197 Å². The molecule has 6 heteroatoms. The molecule has 0 spiro atoms. The Bertz CT molecular complexity index is 1840. The highest BCUT2D eigenvalue weighted by Crippen LogP contribution is 2.41. The lowest BCUT2D eigenvalue weighted by molar-refractivity contribution is 0.632. The van der Waals surface area contributed by atoms with Gasteiger partial charge in [-0.05, 0) is 164 Å². The Morgan fingerprint density at radius 1 is 0.350 bits per heavy atom. The fourth-order valence-electron chi connectivity index (χ4n) is 7.94. The van der Waals surface area contributed by atoms with Crippen LogP contribution in [0.3, 0.4) is 0 Å². The SMILES string of the molecule is CCCCCCCc1cc(C)sc1-c1cc(C)c(C)s1.CCCCCCCc1cc(C)sc1-c1cc(CCCCCCBr)c(C)s1.CCCCCCCc1cc(C)sc1C. The van der Waals surface area contributed by atoms with Crippen LogP contribution in [0.25, 0.3) is 19.5 Å². The van der Waals surface area contributed by atoms with Gasteiger partial charge in [0.1, 0.15) is 0 Å². The van der Waals surface area contributed by atoms with E-state index in [4.69, 9.17) is 0 Å². The minimum Gasteiger partial charge on any atom is -0.146 e. The van der Waals surface area contributed by atoms with Crippen LogP contribution >= 0.6 is 72.6 Å².